The lowest BCUT2D eigenvalue weighted by atomic mass is 9.98. The van der Waals surface area contributed by atoms with Gasteiger partial charge in [-0.15, -0.1) is 0 Å². The minimum absolute atomic E-state index is 0.0472. The molecule has 0 aliphatic carbocycles. The Hall–Kier alpha value is -2.82. The molecule has 0 unspecified atom stereocenters. The predicted molar refractivity (Wildman–Crippen MR) is 87.5 cm³/mol. The summed E-state index contributed by atoms with van der Waals surface area (Å²) in [7, 11) is 1.50. The van der Waals surface area contributed by atoms with Crippen molar-refractivity contribution in [1.29, 1.82) is 0 Å². The van der Waals surface area contributed by atoms with Crippen LogP contribution in [0.3, 0.4) is 0 Å². The number of carbonyl (C=O) groups is 1. The number of phenolic OH excluding ortho intramolecular Hbond substituents is 1. The van der Waals surface area contributed by atoms with Crippen LogP contribution in [0.2, 0.25) is 0 Å². The molecule has 2 aromatic rings. The number of hydrogen-bond donors (Lipinski definition) is 1. The number of carbonyl (C=O) groups excluding carboxylic acids is 1. The fraction of sp³-hybridized carbons (Fsp3) is 0.222. The molecule has 1 amide bonds. The summed E-state index contributed by atoms with van der Waals surface area (Å²) < 4.78 is 5.15. The number of ether oxygens (including phenoxy) is 1. The van der Waals surface area contributed by atoms with E-state index in [1.807, 2.05) is 30.3 Å². The number of hydrazone groups is 1. The molecule has 0 fully saturated rings. The molecule has 1 N–H and O–H groups in total. The first kappa shape index (κ1) is 15.1. The van der Waals surface area contributed by atoms with Crippen LogP contribution in [0, 0.1) is 0 Å². The Kier molecular flexibility index (Phi) is 4.02. The second-order valence-corrected chi connectivity index (χ2v) is 5.40. The molecule has 0 bridgehead atoms. The maximum absolute atomic E-state index is 11.9. The molecule has 0 spiro atoms. The summed E-state index contributed by atoms with van der Waals surface area (Å²) in [6, 6.07) is 14.9. The SMILES string of the molecule is COc1cccc(C2=NN(C(C)=O)[C@@H](c3ccccc3)C2)c1O. The maximum atomic E-state index is 11.9. The number of methoxy groups -OCH3 is 1. The van der Waals surface area contributed by atoms with E-state index in [1.165, 1.54) is 19.0 Å². The summed E-state index contributed by atoms with van der Waals surface area (Å²) in [5.74, 6) is 0.310. The number of benzene rings is 2. The number of phenols is 1. The highest BCUT2D eigenvalue weighted by atomic mass is 16.5. The lowest BCUT2D eigenvalue weighted by Gasteiger charge is -2.20. The van der Waals surface area contributed by atoms with Crippen molar-refractivity contribution in [3.63, 3.8) is 0 Å². The van der Waals surface area contributed by atoms with Gasteiger partial charge in [0.1, 0.15) is 0 Å². The van der Waals surface area contributed by atoms with E-state index >= 15 is 0 Å². The fourth-order valence-electron chi connectivity index (χ4n) is 2.82. The fourth-order valence-corrected chi connectivity index (χ4v) is 2.82. The highest BCUT2D eigenvalue weighted by Crippen LogP contribution is 2.37. The molecule has 23 heavy (non-hydrogen) atoms. The van der Waals surface area contributed by atoms with Gasteiger partial charge < -0.3 is 9.84 Å². The van der Waals surface area contributed by atoms with Crippen LogP contribution in [0.25, 0.3) is 0 Å². The zero-order chi connectivity index (χ0) is 16.4. The van der Waals surface area contributed by atoms with Gasteiger partial charge in [-0.05, 0) is 17.7 Å². The molecule has 1 atom stereocenters. The molecular weight excluding hydrogens is 292 g/mol. The number of para-hydroxylation sites is 1. The van der Waals surface area contributed by atoms with Crippen molar-refractivity contribution in [3.05, 3.63) is 59.7 Å². The normalized spacial score (nSPS) is 17.0. The van der Waals surface area contributed by atoms with Crippen LogP contribution in [-0.2, 0) is 4.79 Å². The summed E-state index contributed by atoms with van der Waals surface area (Å²) in [4.78, 5) is 11.9. The Bertz CT molecular complexity index is 756. The second kappa shape index (κ2) is 6.12. The van der Waals surface area contributed by atoms with Gasteiger partial charge in [0.25, 0.3) is 0 Å². The maximum Gasteiger partial charge on any atom is 0.240 e. The molecule has 0 aromatic heterocycles. The topological polar surface area (TPSA) is 62.1 Å². The summed E-state index contributed by atoms with van der Waals surface area (Å²) in [5.41, 5.74) is 2.28. The quantitative estimate of drug-likeness (QED) is 0.947. The molecule has 1 heterocycles. The Balaban J connectivity index is 1.99. The number of rotatable bonds is 3. The van der Waals surface area contributed by atoms with Crippen molar-refractivity contribution in [1.82, 2.24) is 5.01 Å². The molecule has 0 saturated carbocycles. The van der Waals surface area contributed by atoms with Gasteiger partial charge in [-0.25, -0.2) is 5.01 Å². The molecule has 0 saturated heterocycles. The third kappa shape index (κ3) is 2.77. The standard InChI is InChI=1S/C18H18N2O3/c1-12(21)20-16(13-7-4-3-5-8-13)11-15(19-20)14-9-6-10-17(23-2)18(14)22/h3-10,16,22H,11H2,1-2H3/t16-/m1/s1. The molecule has 1 aliphatic heterocycles. The van der Waals surface area contributed by atoms with Gasteiger partial charge in [0.2, 0.25) is 5.91 Å². The van der Waals surface area contributed by atoms with E-state index in [2.05, 4.69) is 5.10 Å². The molecule has 1 aliphatic rings. The summed E-state index contributed by atoms with van der Waals surface area (Å²) in [6.07, 6.45) is 0.546. The third-order valence-electron chi connectivity index (χ3n) is 3.95. The minimum Gasteiger partial charge on any atom is -0.504 e. The Morgan fingerprint density at radius 2 is 1.96 bits per heavy atom. The van der Waals surface area contributed by atoms with Crippen LogP contribution >= 0.6 is 0 Å². The zero-order valence-corrected chi connectivity index (χ0v) is 13.1. The number of hydrogen-bond acceptors (Lipinski definition) is 4. The van der Waals surface area contributed by atoms with E-state index in [1.54, 1.807) is 18.2 Å². The third-order valence-corrected chi connectivity index (χ3v) is 3.95. The van der Waals surface area contributed by atoms with Crippen molar-refractivity contribution < 1.29 is 14.6 Å². The van der Waals surface area contributed by atoms with Gasteiger partial charge >= 0.3 is 0 Å². The van der Waals surface area contributed by atoms with E-state index in [4.69, 9.17) is 4.74 Å². The van der Waals surface area contributed by atoms with Crippen molar-refractivity contribution in [2.75, 3.05) is 7.11 Å². The predicted octanol–water partition coefficient (Wildman–Crippen LogP) is 3.10. The average Bonchev–Trinajstić information content (AvgIpc) is 3.01. The first-order chi connectivity index (χ1) is 11.1. The Labute approximate surface area is 134 Å². The van der Waals surface area contributed by atoms with Crippen molar-refractivity contribution in [2.45, 2.75) is 19.4 Å². The number of aromatic hydroxyl groups is 1. The summed E-state index contributed by atoms with van der Waals surface area (Å²) in [5, 5.41) is 16.2. The van der Waals surface area contributed by atoms with Crippen LogP contribution in [0.15, 0.2) is 53.6 Å². The van der Waals surface area contributed by atoms with Crippen molar-refractivity contribution >= 4 is 11.6 Å². The minimum atomic E-state index is -0.158. The van der Waals surface area contributed by atoms with Gasteiger partial charge in [0, 0.05) is 18.9 Å². The van der Waals surface area contributed by atoms with Crippen LogP contribution < -0.4 is 4.74 Å². The molecular formula is C18H18N2O3. The van der Waals surface area contributed by atoms with Crippen molar-refractivity contribution in [2.24, 2.45) is 5.10 Å². The Morgan fingerprint density at radius 1 is 1.22 bits per heavy atom. The van der Waals surface area contributed by atoms with Crippen LogP contribution in [0.4, 0.5) is 0 Å². The highest BCUT2D eigenvalue weighted by Gasteiger charge is 2.32. The zero-order valence-electron chi connectivity index (χ0n) is 13.1. The van der Waals surface area contributed by atoms with Gasteiger partial charge in [0.05, 0.1) is 18.9 Å². The Morgan fingerprint density at radius 3 is 2.61 bits per heavy atom. The van der Waals surface area contributed by atoms with E-state index in [-0.39, 0.29) is 17.7 Å². The smallest absolute Gasteiger partial charge is 0.240 e. The van der Waals surface area contributed by atoms with Gasteiger partial charge in [0.15, 0.2) is 11.5 Å². The van der Waals surface area contributed by atoms with Crippen molar-refractivity contribution in [3.8, 4) is 11.5 Å². The molecule has 0 radical (unpaired) electrons. The number of amides is 1. The van der Waals surface area contributed by atoms with E-state index < -0.39 is 0 Å². The van der Waals surface area contributed by atoms with Gasteiger partial charge in [-0.3, -0.25) is 4.79 Å². The van der Waals surface area contributed by atoms with Crippen LogP contribution in [-0.4, -0.2) is 28.8 Å². The van der Waals surface area contributed by atoms with Crippen LogP contribution in [0.1, 0.15) is 30.5 Å². The first-order valence-corrected chi connectivity index (χ1v) is 7.40. The second-order valence-electron chi connectivity index (χ2n) is 5.40. The van der Waals surface area contributed by atoms with E-state index in [0.29, 0.717) is 23.4 Å². The average molecular weight is 310 g/mol. The van der Waals surface area contributed by atoms with Gasteiger partial charge in [-0.2, -0.15) is 5.10 Å². The number of nitrogens with zero attached hydrogens (tertiary/aromatic N) is 2. The molecule has 118 valence electrons. The lowest BCUT2D eigenvalue weighted by Crippen LogP contribution is -2.24. The molecule has 2 aromatic carbocycles. The highest BCUT2D eigenvalue weighted by molar-refractivity contribution is 6.05. The summed E-state index contributed by atoms with van der Waals surface area (Å²) >= 11 is 0. The van der Waals surface area contributed by atoms with Gasteiger partial charge in [-0.1, -0.05) is 36.4 Å². The first-order valence-electron chi connectivity index (χ1n) is 7.40. The van der Waals surface area contributed by atoms with Crippen LogP contribution in [0.5, 0.6) is 11.5 Å². The molecule has 5 heteroatoms. The largest absolute Gasteiger partial charge is 0.504 e. The lowest BCUT2D eigenvalue weighted by molar-refractivity contribution is -0.130. The van der Waals surface area contributed by atoms with E-state index in [0.717, 1.165) is 5.56 Å². The molecule has 5 nitrogen and oxygen atoms in total. The monoisotopic (exact) mass is 310 g/mol. The van der Waals surface area contributed by atoms with E-state index in [9.17, 15) is 9.90 Å². The molecule has 3 rings (SSSR count). The summed E-state index contributed by atoms with van der Waals surface area (Å²) in [6.45, 7) is 1.49.